The van der Waals surface area contributed by atoms with Gasteiger partial charge in [-0.1, -0.05) is 0 Å². The molecular formula is C14H17N3O. The third kappa shape index (κ3) is 3.52. The molecule has 0 spiro atoms. The monoisotopic (exact) mass is 243 g/mol. The van der Waals surface area contributed by atoms with Gasteiger partial charge in [0.2, 0.25) is 0 Å². The largest absolute Gasteiger partial charge is 0.338 e. The van der Waals surface area contributed by atoms with Gasteiger partial charge in [-0.2, -0.15) is 0 Å². The van der Waals surface area contributed by atoms with E-state index in [0.717, 1.165) is 24.2 Å². The standard InChI is InChI=1S/C14H17N3O/c1-17-11-10-16-14(17)5-4-13(18)3-2-12-6-8-15-9-7-12/h6-11H,2-5H2,1H3. The third-order valence-electron chi connectivity index (χ3n) is 2.99. The number of hydrogen-bond acceptors (Lipinski definition) is 3. The predicted molar refractivity (Wildman–Crippen MR) is 69.1 cm³/mol. The number of carbonyl (C=O) groups is 1. The van der Waals surface area contributed by atoms with Crippen molar-refractivity contribution in [1.29, 1.82) is 0 Å². The Hall–Kier alpha value is -1.97. The molecule has 94 valence electrons. The van der Waals surface area contributed by atoms with Gasteiger partial charge in [0.1, 0.15) is 11.6 Å². The van der Waals surface area contributed by atoms with E-state index in [4.69, 9.17) is 0 Å². The second-order valence-corrected chi connectivity index (χ2v) is 4.35. The number of aromatic nitrogens is 3. The Labute approximate surface area is 107 Å². The van der Waals surface area contributed by atoms with Crippen LogP contribution in [0.3, 0.4) is 0 Å². The highest BCUT2D eigenvalue weighted by Crippen LogP contribution is 2.05. The van der Waals surface area contributed by atoms with Gasteiger partial charge in [-0.05, 0) is 24.1 Å². The van der Waals surface area contributed by atoms with Gasteiger partial charge in [0.15, 0.2) is 0 Å². The van der Waals surface area contributed by atoms with Gasteiger partial charge < -0.3 is 4.57 Å². The van der Waals surface area contributed by atoms with Crippen LogP contribution >= 0.6 is 0 Å². The predicted octanol–water partition coefficient (Wildman–Crippen LogP) is 1.95. The summed E-state index contributed by atoms with van der Waals surface area (Å²) in [5.74, 6) is 1.25. The van der Waals surface area contributed by atoms with Crippen LogP contribution in [-0.2, 0) is 24.7 Å². The van der Waals surface area contributed by atoms with E-state index in [1.807, 2.05) is 29.9 Å². The van der Waals surface area contributed by atoms with E-state index in [0.29, 0.717) is 12.8 Å². The molecule has 0 fully saturated rings. The molecule has 4 heteroatoms. The highest BCUT2D eigenvalue weighted by atomic mass is 16.1. The molecule has 0 aliphatic heterocycles. The molecule has 0 amide bonds. The summed E-state index contributed by atoms with van der Waals surface area (Å²) in [6, 6.07) is 3.90. The highest BCUT2D eigenvalue weighted by Gasteiger charge is 2.06. The number of Topliss-reactive ketones (excluding diaryl/α,β-unsaturated/α-hetero) is 1. The first-order valence-corrected chi connectivity index (χ1v) is 6.12. The van der Waals surface area contributed by atoms with Crippen LogP contribution in [0.5, 0.6) is 0 Å². The lowest BCUT2D eigenvalue weighted by Crippen LogP contribution is -2.05. The fraction of sp³-hybridized carbons (Fsp3) is 0.357. The number of aryl methyl sites for hydroxylation is 3. The normalized spacial score (nSPS) is 10.5. The average molecular weight is 243 g/mol. The number of nitrogens with zero attached hydrogens (tertiary/aromatic N) is 3. The van der Waals surface area contributed by atoms with Crippen LogP contribution in [0.1, 0.15) is 24.2 Å². The van der Waals surface area contributed by atoms with Crippen molar-refractivity contribution in [3.8, 4) is 0 Å². The zero-order valence-corrected chi connectivity index (χ0v) is 10.5. The van der Waals surface area contributed by atoms with Crippen LogP contribution in [0.4, 0.5) is 0 Å². The molecule has 0 saturated carbocycles. The number of rotatable bonds is 6. The summed E-state index contributed by atoms with van der Waals surface area (Å²) in [6.45, 7) is 0. The molecule has 2 aromatic rings. The fourth-order valence-electron chi connectivity index (χ4n) is 1.85. The van der Waals surface area contributed by atoms with E-state index in [1.54, 1.807) is 18.6 Å². The minimum atomic E-state index is 0.287. The van der Waals surface area contributed by atoms with Gasteiger partial charge in [0, 0.05) is 51.1 Å². The molecule has 2 aromatic heterocycles. The van der Waals surface area contributed by atoms with Crippen molar-refractivity contribution in [2.45, 2.75) is 25.7 Å². The second kappa shape index (κ2) is 6.10. The van der Waals surface area contributed by atoms with Crippen molar-refractivity contribution in [3.63, 3.8) is 0 Å². The molecule has 2 rings (SSSR count). The summed E-state index contributed by atoms with van der Waals surface area (Å²) in [4.78, 5) is 19.9. The SMILES string of the molecule is Cn1ccnc1CCC(=O)CCc1ccncc1. The molecule has 18 heavy (non-hydrogen) atoms. The number of hydrogen-bond donors (Lipinski definition) is 0. The summed E-state index contributed by atoms with van der Waals surface area (Å²) in [7, 11) is 1.95. The van der Waals surface area contributed by atoms with Crippen molar-refractivity contribution < 1.29 is 4.79 Å². The molecule has 0 aliphatic rings. The van der Waals surface area contributed by atoms with Crippen LogP contribution in [0.15, 0.2) is 36.9 Å². The molecule has 0 saturated heterocycles. The van der Waals surface area contributed by atoms with Crippen molar-refractivity contribution in [3.05, 3.63) is 48.3 Å². The highest BCUT2D eigenvalue weighted by molar-refractivity contribution is 5.78. The topological polar surface area (TPSA) is 47.8 Å². The van der Waals surface area contributed by atoms with E-state index in [1.165, 1.54) is 0 Å². The fourth-order valence-corrected chi connectivity index (χ4v) is 1.85. The number of pyridine rings is 1. The lowest BCUT2D eigenvalue weighted by atomic mass is 10.1. The smallest absolute Gasteiger partial charge is 0.133 e. The molecule has 0 radical (unpaired) electrons. The van der Waals surface area contributed by atoms with Crippen LogP contribution < -0.4 is 0 Å². The van der Waals surface area contributed by atoms with Gasteiger partial charge in [0.05, 0.1) is 0 Å². The molecular weight excluding hydrogens is 226 g/mol. The van der Waals surface area contributed by atoms with Crippen molar-refractivity contribution in [1.82, 2.24) is 14.5 Å². The van der Waals surface area contributed by atoms with Crippen LogP contribution in [0.2, 0.25) is 0 Å². The maximum absolute atomic E-state index is 11.8. The molecule has 2 heterocycles. The lowest BCUT2D eigenvalue weighted by Gasteiger charge is -2.02. The van der Waals surface area contributed by atoms with E-state index >= 15 is 0 Å². The van der Waals surface area contributed by atoms with Gasteiger partial charge in [-0.25, -0.2) is 4.98 Å². The van der Waals surface area contributed by atoms with E-state index in [-0.39, 0.29) is 5.78 Å². The molecule has 0 N–H and O–H groups in total. The molecule has 0 aromatic carbocycles. The molecule has 0 unspecified atom stereocenters. The number of carbonyl (C=O) groups excluding carboxylic acids is 1. The Morgan fingerprint density at radius 1 is 1.17 bits per heavy atom. The minimum Gasteiger partial charge on any atom is -0.338 e. The van der Waals surface area contributed by atoms with Crippen LogP contribution in [0, 0.1) is 0 Å². The van der Waals surface area contributed by atoms with Crippen LogP contribution in [0.25, 0.3) is 0 Å². The Morgan fingerprint density at radius 2 is 1.89 bits per heavy atom. The number of ketones is 1. The lowest BCUT2D eigenvalue weighted by molar-refractivity contribution is -0.119. The minimum absolute atomic E-state index is 0.287. The third-order valence-corrected chi connectivity index (χ3v) is 2.99. The molecule has 0 atom stereocenters. The van der Waals surface area contributed by atoms with E-state index in [9.17, 15) is 4.79 Å². The average Bonchev–Trinajstić information content (AvgIpc) is 2.81. The van der Waals surface area contributed by atoms with Gasteiger partial charge in [-0.3, -0.25) is 9.78 Å². The first-order chi connectivity index (χ1) is 8.75. The first-order valence-electron chi connectivity index (χ1n) is 6.12. The van der Waals surface area contributed by atoms with Gasteiger partial charge in [0.25, 0.3) is 0 Å². The summed E-state index contributed by atoms with van der Waals surface area (Å²) in [5, 5.41) is 0. The molecule has 0 aliphatic carbocycles. The van der Waals surface area contributed by atoms with Gasteiger partial charge >= 0.3 is 0 Å². The Balaban J connectivity index is 1.75. The Bertz CT molecular complexity index is 505. The quantitative estimate of drug-likeness (QED) is 0.779. The van der Waals surface area contributed by atoms with E-state index in [2.05, 4.69) is 9.97 Å². The molecule has 4 nitrogen and oxygen atoms in total. The summed E-state index contributed by atoms with van der Waals surface area (Å²) in [5.41, 5.74) is 1.16. The van der Waals surface area contributed by atoms with Crippen molar-refractivity contribution in [2.24, 2.45) is 7.05 Å². The Morgan fingerprint density at radius 3 is 2.56 bits per heavy atom. The maximum atomic E-state index is 11.8. The zero-order valence-electron chi connectivity index (χ0n) is 10.5. The van der Waals surface area contributed by atoms with E-state index < -0.39 is 0 Å². The van der Waals surface area contributed by atoms with Crippen molar-refractivity contribution >= 4 is 5.78 Å². The van der Waals surface area contributed by atoms with Crippen LogP contribution in [-0.4, -0.2) is 20.3 Å². The molecule has 0 bridgehead atoms. The first kappa shape index (κ1) is 12.5. The number of imidazole rings is 1. The summed E-state index contributed by atoms with van der Waals surface area (Å²) >= 11 is 0. The summed E-state index contributed by atoms with van der Waals surface area (Å²) in [6.07, 6.45) is 9.85. The van der Waals surface area contributed by atoms with Crippen molar-refractivity contribution in [2.75, 3.05) is 0 Å². The van der Waals surface area contributed by atoms with Gasteiger partial charge in [-0.15, -0.1) is 0 Å². The Kier molecular flexibility index (Phi) is 4.23. The zero-order chi connectivity index (χ0) is 12.8. The summed E-state index contributed by atoms with van der Waals surface area (Å²) < 4.78 is 1.95. The second-order valence-electron chi connectivity index (χ2n) is 4.35. The maximum Gasteiger partial charge on any atom is 0.133 e.